The SMILES string of the molecule is COc1ccc(CNc2ccnc(Nc3ccc(N(C)C)cc3)n2)cc1. The minimum atomic E-state index is 0.558. The molecule has 26 heavy (non-hydrogen) atoms. The molecule has 0 amide bonds. The van der Waals surface area contributed by atoms with Crippen LogP contribution in [0.25, 0.3) is 0 Å². The molecule has 0 atom stereocenters. The predicted octanol–water partition coefficient (Wildman–Crippen LogP) is 3.91. The van der Waals surface area contributed by atoms with Gasteiger partial charge in [-0.2, -0.15) is 4.98 Å². The minimum Gasteiger partial charge on any atom is -0.497 e. The number of hydrogen-bond acceptors (Lipinski definition) is 6. The summed E-state index contributed by atoms with van der Waals surface area (Å²) < 4.78 is 5.17. The van der Waals surface area contributed by atoms with Crippen LogP contribution in [-0.4, -0.2) is 31.2 Å². The van der Waals surface area contributed by atoms with Gasteiger partial charge in [-0.05, 0) is 48.0 Å². The van der Waals surface area contributed by atoms with Gasteiger partial charge in [0, 0.05) is 38.2 Å². The van der Waals surface area contributed by atoms with Crippen LogP contribution in [0.5, 0.6) is 5.75 Å². The lowest BCUT2D eigenvalue weighted by molar-refractivity contribution is 0.414. The Morgan fingerprint density at radius 2 is 1.69 bits per heavy atom. The number of ether oxygens (including phenoxy) is 1. The monoisotopic (exact) mass is 349 g/mol. The summed E-state index contributed by atoms with van der Waals surface area (Å²) in [6.07, 6.45) is 1.74. The van der Waals surface area contributed by atoms with Gasteiger partial charge in [0.25, 0.3) is 0 Å². The van der Waals surface area contributed by atoms with Gasteiger partial charge in [0.15, 0.2) is 0 Å². The highest BCUT2D eigenvalue weighted by Crippen LogP contribution is 2.19. The molecular weight excluding hydrogens is 326 g/mol. The van der Waals surface area contributed by atoms with E-state index in [9.17, 15) is 0 Å². The number of nitrogens with one attached hydrogen (secondary N) is 2. The van der Waals surface area contributed by atoms with Crippen LogP contribution >= 0.6 is 0 Å². The smallest absolute Gasteiger partial charge is 0.229 e. The zero-order chi connectivity index (χ0) is 18.4. The molecule has 0 unspecified atom stereocenters. The number of anilines is 4. The first-order chi connectivity index (χ1) is 12.6. The van der Waals surface area contributed by atoms with Gasteiger partial charge in [-0.25, -0.2) is 4.98 Å². The molecule has 1 heterocycles. The van der Waals surface area contributed by atoms with E-state index < -0.39 is 0 Å². The van der Waals surface area contributed by atoms with Crippen LogP contribution < -0.4 is 20.3 Å². The summed E-state index contributed by atoms with van der Waals surface area (Å²) in [5.74, 6) is 2.17. The predicted molar refractivity (Wildman–Crippen MR) is 106 cm³/mol. The van der Waals surface area contributed by atoms with Crippen molar-refractivity contribution in [3.8, 4) is 5.75 Å². The van der Waals surface area contributed by atoms with E-state index in [1.165, 1.54) is 0 Å². The van der Waals surface area contributed by atoms with Gasteiger partial charge < -0.3 is 20.3 Å². The minimum absolute atomic E-state index is 0.558. The summed E-state index contributed by atoms with van der Waals surface area (Å²) >= 11 is 0. The van der Waals surface area contributed by atoms with E-state index in [0.29, 0.717) is 12.5 Å². The molecule has 3 aromatic rings. The van der Waals surface area contributed by atoms with E-state index in [0.717, 1.165) is 28.5 Å². The molecule has 6 heteroatoms. The van der Waals surface area contributed by atoms with E-state index in [-0.39, 0.29) is 0 Å². The standard InChI is InChI=1S/C20H23N5O/c1-25(2)17-8-6-16(7-9-17)23-20-21-13-12-19(24-20)22-14-15-4-10-18(26-3)11-5-15/h4-13H,14H2,1-3H3,(H2,21,22,23,24). The molecule has 0 aliphatic carbocycles. The van der Waals surface area contributed by atoms with Crippen molar-refractivity contribution in [3.05, 3.63) is 66.4 Å². The van der Waals surface area contributed by atoms with Crippen molar-refractivity contribution in [1.29, 1.82) is 0 Å². The second-order valence-electron chi connectivity index (χ2n) is 6.03. The Morgan fingerprint density at radius 3 is 2.35 bits per heavy atom. The fourth-order valence-corrected chi connectivity index (χ4v) is 2.43. The second kappa shape index (κ2) is 8.20. The Bertz CT molecular complexity index is 832. The Labute approximate surface area is 153 Å². The van der Waals surface area contributed by atoms with Crippen molar-refractivity contribution < 1.29 is 4.74 Å². The van der Waals surface area contributed by atoms with Crippen molar-refractivity contribution >= 4 is 23.1 Å². The molecule has 0 bridgehead atoms. The van der Waals surface area contributed by atoms with Crippen molar-refractivity contribution in [2.24, 2.45) is 0 Å². The zero-order valence-electron chi connectivity index (χ0n) is 15.2. The molecule has 0 aliphatic rings. The molecule has 0 fully saturated rings. The number of methoxy groups -OCH3 is 1. The normalized spacial score (nSPS) is 10.3. The fourth-order valence-electron chi connectivity index (χ4n) is 2.43. The maximum Gasteiger partial charge on any atom is 0.229 e. The molecule has 0 spiro atoms. The largest absolute Gasteiger partial charge is 0.497 e. The summed E-state index contributed by atoms with van der Waals surface area (Å²) in [6, 6.07) is 17.9. The molecule has 0 radical (unpaired) electrons. The second-order valence-corrected chi connectivity index (χ2v) is 6.03. The Hall–Kier alpha value is -3.28. The third kappa shape index (κ3) is 4.63. The van der Waals surface area contributed by atoms with Crippen LogP contribution in [0.3, 0.4) is 0 Å². The average Bonchev–Trinajstić information content (AvgIpc) is 2.67. The lowest BCUT2D eigenvalue weighted by Crippen LogP contribution is -2.08. The maximum absolute atomic E-state index is 5.17. The number of nitrogens with zero attached hydrogens (tertiary/aromatic N) is 3. The van der Waals surface area contributed by atoms with Crippen LogP contribution in [-0.2, 0) is 6.54 Å². The molecule has 1 aromatic heterocycles. The molecule has 134 valence electrons. The highest BCUT2D eigenvalue weighted by Gasteiger charge is 2.02. The van der Waals surface area contributed by atoms with Gasteiger partial charge in [-0.15, -0.1) is 0 Å². The number of hydrogen-bond donors (Lipinski definition) is 2. The number of aromatic nitrogens is 2. The average molecular weight is 349 g/mol. The summed E-state index contributed by atoms with van der Waals surface area (Å²) in [7, 11) is 5.70. The molecule has 0 aliphatic heterocycles. The first-order valence-corrected chi connectivity index (χ1v) is 8.38. The summed E-state index contributed by atoms with van der Waals surface area (Å²) in [5.41, 5.74) is 3.24. The highest BCUT2D eigenvalue weighted by atomic mass is 16.5. The maximum atomic E-state index is 5.17. The Balaban J connectivity index is 1.62. The first kappa shape index (κ1) is 17.5. The Morgan fingerprint density at radius 1 is 0.962 bits per heavy atom. The van der Waals surface area contributed by atoms with Crippen LogP contribution in [0.15, 0.2) is 60.8 Å². The van der Waals surface area contributed by atoms with Crippen LogP contribution in [0.1, 0.15) is 5.56 Å². The third-order valence-corrected chi connectivity index (χ3v) is 3.93. The summed E-state index contributed by atoms with van der Waals surface area (Å²) in [4.78, 5) is 10.8. The van der Waals surface area contributed by atoms with E-state index in [1.807, 2.05) is 68.7 Å². The molecule has 0 saturated carbocycles. The van der Waals surface area contributed by atoms with Crippen molar-refractivity contribution in [2.45, 2.75) is 6.54 Å². The van der Waals surface area contributed by atoms with Gasteiger partial charge in [0.05, 0.1) is 7.11 Å². The van der Waals surface area contributed by atoms with Crippen molar-refractivity contribution in [2.75, 3.05) is 36.7 Å². The highest BCUT2D eigenvalue weighted by molar-refractivity contribution is 5.59. The summed E-state index contributed by atoms with van der Waals surface area (Å²) in [5, 5.41) is 6.54. The van der Waals surface area contributed by atoms with Gasteiger partial charge in [-0.1, -0.05) is 12.1 Å². The number of benzene rings is 2. The van der Waals surface area contributed by atoms with Crippen molar-refractivity contribution in [3.63, 3.8) is 0 Å². The van der Waals surface area contributed by atoms with E-state index in [4.69, 9.17) is 4.74 Å². The zero-order valence-corrected chi connectivity index (χ0v) is 15.2. The van der Waals surface area contributed by atoms with Gasteiger partial charge in [0.2, 0.25) is 5.95 Å². The van der Waals surface area contributed by atoms with Crippen LogP contribution in [0.2, 0.25) is 0 Å². The third-order valence-electron chi connectivity index (χ3n) is 3.93. The fraction of sp³-hybridized carbons (Fsp3) is 0.200. The van der Waals surface area contributed by atoms with E-state index in [2.05, 4.69) is 25.5 Å². The number of rotatable bonds is 7. The topological polar surface area (TPSA) is 62.3 Å². The van der Waals surface area contributed by atoms with Crippen LogP contribution in [0.4, 0.5) is 23.1 Å². The lowest BCUT2D eigenvalue weighted by atomic mass is 10.2. The summed E-state index contributed by atoms with van der Waals surface area (Å²) in [6.45, 7) is 0.679. The van der Waals surface area contributed by atoms with Gasteiger partial charge in [-0.3, -0.25) is 0 Å². The van der Waals surface area contributed by atoms with Gasteiger partial charge >= 0.3 is 0 Å². The Kier molecular flexibility index (Phi) is 5.53. The van der Waals surface area contributed by atoms with Gasteiger partial charge in [0.1, 0.15) is 11.6 Å². The van der Waals surface area contributed by atoms with E-state index in [1.54, 1.807) is 13.3 Å². The molecule has 2 N–H and O–H groups in total. The molecule has 2 aromatic carbocycles. The molecular formula is C20H23N5O. The lowest BCUT2D eigenvalue weighted by Gasteiger charge is -2.13. The molecule has 3 rings (SSSR count). The van der Waals surface area contributed by atoms with Crippen LogP contribution in [0, 0.1) is 0 Å². The quantitative estimate of drug-likeness (QED) is 0.674. The van der Waals surface area contributed by atoms with E-state index >= 15 is 0 Å². The molecule has 6 nitrogen and oxygen atoms in total. The van der Waals surface area contributed by atoms with Crippen molar-refractivity contribution in [1.82, 2.24) is 9.97 Å². The first-order valence-electron chi connectivity index (χ1n) is 8.38. The molecule has 0 saturated heterocycles.